The molecule has 34 heavy (non-hydrogen) atoms. The number of carbonyl (C=O) groups excluding carboxylic acids is 1. The van der Waals surface area contributed by atoms with Gasteiger partial charge in [-0.25, -0.2) is 0 Å². The predicted molar refractivity (Wildman–Crippen MR) is 132 cm³/mol. The van der Waals surface area contributed by atoms with Crippen LogP contribution in [0.3, 0.4) is 0 Å². The molecule has 0 spiro atoms. The van der Waals surface area contributed by atoms with Gasteiger partial charge in [-0.3, -0.25) is 9.79 Å². The van der Waals surface area contributed by atoms with E-state index in [1.165, 1.54) is 26.9 Å². The van der Waals surface area contributed by atoms with Crippen molar-refractivity contribution in [1.82, 2.24) is 5.32 Å². The molecule has 2 fully saturated rings. The Morgan fingerprint density at radius 1 is 1.29 bits per heavy atom. The second-order valence-corrected chi connectivity index (χ2v) is 9.87. The van der Waals surface area contributed by atoms with Crippen molar-refractivity contribution in [3.8, 4) is 11.5 Å². The quantitative estimate of drug-likeness (QED) is 0.245. The molecule has 2 saturated carbocycles. The summed E-state index contributed by atoms with van der Waals surface area (Å²) >= 11 is 0. The maximum absolute atomic E-state index is 11.7. The van der Waals surface area contributed by atoms with E-state index >= 15 is 0 Å². The molecule has 2 aliphatic carbocycles. The van der Waals surface area contributed by atoms with Crippen LogP contribution in [0.1, 0.15) is 63.9 Å². The number of hydrogen-bond acceptors (Lipinski definition) is 6. The molecule has 190 valence electrons. The van der Waals surface area contributed by atoms with E-state index < -0.39 is 6.10 Å². The smallest absolute Gasteiger partial charge is 0.302 e. The molecule has 0 aromatic heterocycles. The van der Waals surface area contributed by atoms with Crippen LogP contribution in [0.15, 0.2) is 23.2 Å². The highest BCUT2D eigenvalue weighted by Crippen LogP contribution is 2.44. The lowest BCUT2D eigenvalue weighted by molar-refractivity contribution is -0.148. The van der Waals surface area contributed by atoms with Crippen LogP contribution in [0, 0.1) is 17.8 Å². The highest BCUT2D eigenvalue weighted by Gasteiger charge is 2.40. The number of aryl methyl sites for hydroxylation is 1. The molecule has 0 saturated heterocycles. The molecule has 8 nitrogen and oxygen atoms in total. The summed E-state index contributed by atoms with van der Waals surface area (Å²) in [7, 11) is 3.21. The van der Waals surface area contributed by atoms with Gasteiger partial charge in [-0.05, 0) is 74.0 Å². The monoisotopic (exact) mass is 475 g/mol. The number of esters is 1. The summed E-state index contributed by atoms with van der Waals surface area (Å²) in [6.45, 7) is 1.41. The Bertz CT molecular complexity index is 846. The zero-order valence-electron chi connectivity index (χ0n) is 20.7. The van der Waals surface area contributed by atoms with E-state index in [9.17, 15) is 15.0 Å². The zero-order chi connectivity index (χ0) is 24.7. The number of benzene rings is 1. The minimum Gasteiger partial charge on any atom is -0.504 e. The lowest BCUT2D eigenvalue weighted by atomic mass is 9.64. The second-order valence-electron chi connectivity index (χ2n) is 9.87. The van der Waals surface area contributed by atoms with Gasteiger partial charge >= 0.3 is 5.97 Å². The number of nitrogens with two attached hydrogens (primary N) is 1. The first-order chi connectivity index (χ1) is 16.3. The molecule has 8 heteroatoms. The van der Waals surface area contributed by atoms with Crippen molar-refractivity contribution in [2.24, 2.45) is 28.5 Å². The number of fused-ring (bicyclic) bond motifs is 1. The highest BCUT2D eigenvalue weighted by atomic mass is 16.5. The van der Waals surface area contributed by atoms with Crippen LogP contribution in [-0.4, -0.2) is 54.5 Å². The Hall–Kier alpha value is -2.48. The van der Waals surface area contributed by atoms with Gasteiger partial charge in [-0.1, -0.05) is 18.9 Å². The first-order valence-corrected chi connectivity index (χ1v) is 12.5. The van der Waals surface area contributed by atoms with E-state index in [1.807, 2.05) is 6.07 Å². The van der Waals surface area contributed by atoms with Gasteiger partial charge in [-0.15, -0.1) is 0 Å². The number of nitrogens with zero attached hydrogens (tertiary/aromatic N) is 1. The van der Waals surface area contributed by atoms with Gasteiger partial charge < -0.3 is 30.7 Å². The van der Waals surface area contributed by atoms with Crippen LogP contribution in [0.5, 0.6) is 11.5 Å². The van der Waals surface area contributed by atoms with Gasteiger partial charge in [0.1, 0.15) is 6.10 Å². The molecule has 0 amide bonds. The van der Waals surface area contributed by atoms with Gasteiger partial charge in [0.25, 0.3) is 0 Å². The fraction of sp³-hybridized carbons (Fsp3) is 0.692. The van der Waals surface area contributed by atoms with Crippen molar-refractivity contribution >= 4 is 11.9 Å². The zero-order valence-corrected chi connectivity index (χ0v) is 20.7. The van der Waals surface area contributed by atoms with Crippen molar-refractivity contribution in [2.45, 2.75) is 83.0 Å². The molecule has 2 aliphatic rings. The average molecular weight is 476 g/mol. The Morgan fingerprint density at radius 2 is 2.09 bits per heavy atom. The van der Waals surface area contributed by atoms with E-state index in [1.54, 1.807) is 19.2 Å². The number of hydrogen-bond donors (Lipinski definition) is 4. The maximum Gasteiger partial charge on any atom is 0.302 e. The van der Waals surface area contributed by atoms with Crippen LogP contribution >= 0.6 is 0 Å². The van der Waals surface area contributed by atoms with E-state index in [-0.39, 0.29) is 23.7 Å². The summed E-state index contributed by atoms with van der Waals surface area (Å²) < 4.78 is 10.8. The van der Waals surface area contributed by atoms with Crippen LogP contribution in [0.4, 0.5) is 0 Å². The highest BCUT2D eigenvalue weighted by molar-refractivity contribution is 5.78. The molecule has 0 unspecified atom stereocenters. The first-order valence-electron chi connectivity index (χ1n) is 12.5. The summed E-state index contributed by atoms with van der Waals surface area (Å²) in [5.41, 5.74) is 6.94. The normalized spacial score (nSPS) is 26.8. The third-order valence-electron chi connectivity index (χ3n) is 7.65. The van der Waals surface area contributed by atoms with Crippen molar-refractivity contribution in [3.05, 3.63) is 23.8 Å². The number of carbonyl (C=O) groups is 1. The Morgan fingerprint density at radius 3 is 2.79 bits per heavy atom. The van der Waals surface area contributed by atoms with Gasteiger partial charge in [0.2, 0.25) is 0 Å². The number of guanidine groups is 1. The molecule has 1 aromatic carbocycles. The lowest BCUT2D eigenvalue weighted by Gasteiger charge is -2.45. The van der Waals surface area contributed by atoms with Crippen LogP contribution in [0.2, 0.25) is 0 Å². The molecular weight excluding hydrogens is 434 g/mol. The number of rotatable bonds is 9. The van der Waals surface area contributed by atoms with E-state index in [0.29, 0.717) is 48.8 Å². The topological polar surface area (TPSA) is 126 Å². The maximum atomic E-state index is 11.7. The van der Waals surface area contributed by atoms with Gasteiger partial charge in [0.15, 0.2) is 17.5 Å². The summed E-state index contributed by atoms with van der Waals surface area (Å²) in [5.74, 6) is 1.96. The van der Waals surface area contributed by atoms with Crippen molar-refractivity contribution in [3.63, 3.8) is 0 Å². The van der Waals surface area contributed by atoms with Gasteiger partial charge in [-0.2, -0.15) is 0 Å². The molecule has 0 bridgehead atoms. The molecule has 5 N–H and O–H groups in total. The first kappa shape index (κ1) is 26.1. The summed E-state index contributed by atoms with van der Waals surface area (Å²) in [4.78, 5) is 15.8. The molecule has 0 radical (unpaired) electrons. The largest absolute Gasteiger partial charge is 0.504 e. The predicted octanol–water partition coefficient (Wildman–Crippen LogP) is 3.14. The number of methoxy groups -OCH3 is 1. The minimum atomic E-state index is -0.528. The summed E-state index contributed by atoms with van der Waals surface area (Å²) in [6.07, 6.45) is 7.33. The van der Waals surface area contributed by atoms with E-state index in [4.69, 9.17) is 15.2 Å². The molecular formula is C26H41N3O5. The number of aliphatic hydroxyl groups excluding tert-OH is 1. The third kappa shape index (κ3) is 7.01. The number of aromatic hydroxyl groups is 1. The average Bonchev–Trinajstić information content (AvgIpc) is 2.82. The number of phenolic OH excluding ortho intramolecular Hbond substituents is 1. The Labute approximate surface area is 202 Å². The molecule has 1 aromatic rings. The van der Waals surface area contributed by atoms with Crippen LogP contribution in [-0.2, 0) is 16.0 Å². The SMILES string of the molecule is CN=C(N)N[C@H]1CCC[C@H]2CC[C@H]([C@H](O)C[C@@H](CCc3ccc(O)c(OC)c3)OC(C)=O)C[C@@H]21. The molecule has 0 aliphatic heterocycles. The fourth-order valence-corrected chi connectivity index (χ4v) is 5.88. The lowest BCUT2D eigenvalue weighted by Crippen LogP contribution is -2.50. The number of ether oxygens (including phenoxy) is 2. The van der Waals surface area contributed by atoms with Crippen molar-refractivity contribution < 1.29 is 24.5 Å². The minimum absolute atomic E-state index is 0.0938. The Balaban J connectivity index is 1.61. The van der Waals surface area contributed by atoms with Gasteiger partial charge in [0, 0.05) is 26.4 Å². The van der Waals surface area contributed by atoms with Gasteiger partial charge in [0.05, 0.1) is 13.2 Å². The third-order valence-corrected chi connectivity index (χ3v) is 7.65. The van der Waals surface area contributed by atoms with E-state index in [2.05, 4.69) is 10.3 Å². The second kappa shape index (κ2) is 12.3. The van der Waals surface area contributed by atoms with Crippen molar-refractivity contribution in [2.75, 3.05) is 14.2 Å². The number of phenols is 1. The van der Waals surface area contributed by atoms with E-state index in [0.717, 1.165) is 31.2 Å². The molecule has 6 atom stereocenters. The number of aliphatic hydroxyl groups is 1. The van der Waals surface area contributed by atoms with Crippen LogP contribution < -0.4 is 15.8 Å². The fourth-order valence-electron chi connectivity index (χ4n) is 5.88. The standard InChI is InChI=1S/C26H41N3O5/c1-16(30)34-20(11-7-17-8-12-23(31)25(13-17)33-3)15-24(32)19-10-9-18-5-4-6-22(21(18)14-19)29-26(27)28-2/h8,12-13,18-22,24,31-32H,4-7,9-11,14-15H2,1-3H3,(H3,27,28,29)/t18-,19-,20+,21-,22-,24+/m0/s1. The number of aliphatic imine (C=N–C) groups is 1. The van der Waals surface area contributed by atoms with Crippen molar-refractivity contribution in [1.29, 1.82) is 0 Å². The molecule has 3 rings (SSSR count). The van der Waals surface area contributed by atoms with Crippen LogP contribution in [0.25, 0.3) is 0 Å². The summed E-state index contributed by atoms with van der Waals surface area (Å²) in [5, 5.41) is 24.4. The Kier molecular flexibility index (Phi) is 9.45. The summed E-state index contributed by atoms with van der Waals surface area (Å²) in [6, 6.07) is 5.53. The molecule has 0 heterocycles. The number of nitrogens with one attached hydrogen (secondary N) is 1.